The van der Waals surface area contributed by atoms with E-state index < -0.39 is 22.0 Å². The van der Waals surface area contributed by atoms with E-state index in [-0.39, 0.29) is 5.75 Å². The highest BCUT2D eigenvalue weighted by Crippen LogP contribution is 2.17. The van der Waals surface area contributed by atoms with Gasteiger partial charge >= 0.3 is 0 Å². The van der Waals surface area contributed by atoms with Crippen molar-refractivity contribution in [3.8, 4) is 0 Å². The highest BCUT2D eigenvalue weighted by atomic mass is 32.2. The first kappa shape index (κ1) is 9.47. The van der Waals surface area contributed by atoms with Crippen LogP contribution in [0.1, 0.15) is 12.8 Å². The summed E-state index contributed by atoms with van der Waals surface area (Å²) in [4.78, 5) is 10.8. The fraction of sp³-hybridized carbons (Fsp3) is 0.833. The van der Waals surface area contributed by atoms with Crippen LogP contribution in [0.4, 0.5) is 0 Å². The van der Waals surface area contributed by atoms with Gasteiger partial charge in [-0.2, -0.15) is 4.31 Å². The normalized spacial score (nSPS) is 29.9. The van der Waals surface area contributed by atoms with Gasteiger partial charge in [-0.05, 0) is 12.8 Å². The molecule has 5 nitrogen and oxygen atoms in total. The number of carbonyl (C=O) groups is 1. The van der Waals surface area contributed by atoms with E-state index in [1.165, 1.54) is 7.05 Å². The first-order chi connectivity index (χ1) is 5.45. The number of likely N-dealkylation sites (N-methyl/N-ethyl adjacent to an activating group) is 1. The van der Waals surface area contributed by atoms with Gasteiger partial charge in [0, 0.05) is 7.05 Å². The van der Waals surface area contributed by atoms with Gasteiger partial charge in [-0.1, -0.05) is 0 Å². The number of hydrogen-bond acceptors (Lipinski definition) is 3. The Balaban J connectivity index is 2.88. The molecule has 0 spiro atoms. The summed E-state index contributed by atoms with van der Waals surface area (Å²) in [5.74, 6) is -0.450. The zero-order chi connectivity index (χ0) is 9.35. The number of carbonyl (C=O) groups excluding carboxylic acids is 1. The fourth-order valence-electron chi connectivity index (χ4n) is 1.30. The van der Waals surface area contributed by atoms with Crippen LogP contribution in [0.2, 0.25) is 0 Å². The molecule has 0 aliphatic carbocycles. The lowest BCUT2D eigenvalue weighted by Gasteiger charge is -2.29. The summed E-state index contributed by atoms with van der Waals surface area (Å²) in [7, 11) is -1.83. The minimum atomic E-state index is -3.22. The molecule has 1 amide bonds. The molecule has 0 aromatic heterocycles. The van der Waals surface area contributed by atoms with Gasteiger partial charge in [0.05, 0.1) is 5.75 Å². The zero-order valence-electron chi connectivity index (χ0n) is 6.86. The Morgan fingerprint density at radius 1 is 1.58 bits per heavy atom. The second-order valence-corrected chi connectivity index (χ2v) is 5.04. The molecule has 0 aromatic rings. The first-order valence-electron chi connectivity index (χ1n) is 3.70. The summed E-state index contributed by atoms with van der Waals surface area (Å²) in [6.45, 7) is 0. The molecule has 1 heterocycles. The van der Waals surface area contributed by atoms with Gasteiger partial charge in [0.15, 0.2) is 0 Å². The third kappa shape index (κ3) is 1.59. The van der Waals surface area contributed by atoms with E-state index in [1.54, 1.807) is 0 Å². The molecule has 1 rings (SSSR count). The molecular weight excluding hydrogens is 180 g/mol. The lowest BCUT2D eigenvalue weighted by molar-refractivity contribution is -0.121. The molecule has 1 aliphatic heterocycles. The van der Waals surface area contributed by atoms with Crippen LogP contribution in [0.3, 0.4) is 0 Å². The third-order valence-corrected chi connectivity index (χ3v) is 4.02. The van der Waals surface area contributed by atoms with Crippen LogP contribution in [-0.4, -0.2) is 37.5 Å². The van der Waals surface area contributed by atoms with Crippen molar-refractivity contribution in [3.05, 3.63) is 0 Å². The molecule has 0 aromatic carbocycles. The number of sulfonamides is 1. The van der Waals surface area contributed by atoms with Crippen LogP contribution in [0.25, 0.3) is 0 Å². The Hall–Kier alpha value is -0.620. The van der Waals surface area contributed by atoms with Gasteiger partial charge in [-0.25, -0.2) is 8.42 Å². The van der Waals surface area contributed by atoms with E-state index in [2.05, 4.69) is 0 Å². The minimum Gasteiger partial charge on any atom is -0.368 e. The molecule has 0 saturated carbocycles. The lowest BCUT2D eigenvalue weighted by atomic mass is 10.1. The highest BCUT2D eigenvalue weighted by Gasteiger charge is 2.33. The summed E-state index contributed by atoms with van der Waals surface area (Å²) in [5, 5.41) is 0. The Morgan fingerprint density at radius 3 is 2.58 bits per heavy atom. The van der Waals surface area contributed by atoms with Gasteiger partial charge in [0.2, 0.25) is 15.9 Å². The van der Waals surface area contributed by atoms with Crippen LogP contribution < -0.4 is 5.73 Å². The SMILES string of the molecule is CN1C(C(N)=O)CCCS1(=O)=O. The maximum absolute atomic E-state index is 11.2. The Kier molecular flexibility index (Phi) is 2.39. The molecule has 70 valence electrons. The molecule has 6 heteroatoms. The molecule has 12 heavy (non-hydrogen) atoms. The summed E-state index contributed by atoms with van der Waals surface area (Å²) in [6, 6.07) is -0.649. The van der Waals surface area contributed by atoms with Crippen LogP contribution in [0.15, 0.2) is 0 Å². The van der Waals surface area contributed by atoms with Crippen LogP contribution in [0, 0.1) is 0 Å². The molecule has 0 radical (unpaired) electrons. The third-order valence-electron chi connectivity index (χ3n) is 2.09. The average molecular weight is 192 g/mol. The molecule has 1 fully saturated rings. The Labute approximate surface area is 71.6 Å². The summed E-state index contributed by atoms with van der Waals surface area (Å²) >= 11 is 0. The lowest BCUT2D eigenvalue weighted by Crippen LogP contribution is -2.49. The van der Waals surface area contributed by atoms with Crippen molar-refractivity contribution in [2.24, 2.45) is 5.73 Å². The highest BCUT2D eigenvalue weighted by molar-refractivity contribution is 7.89. The van der Waals surface area contributed by atoms with Crippen molar-refractivity contribution in [3.63, 3.8) is 0 Å². The van der Waals surface area contributed by atoms with E-state index in [4.69, 9.17) is 5.73 Å². The Morgan fingerprint density at radius 2 is 2.17 bits per heavy atom. The molecule has 2 N–H and O–H groups in total. The molecule has 1 saturated heterocycles. The predicted octanol–water partition coefficient (Wildman–Crippen LogP) is -1.10. The second-order valence-electron chi connectivity index (χ2n) is 2.89. The number of hydrogen-bond donors (Lipinski definition) is 1. The van der Waals surface area contributed by atoms with Gasteiger partial charge in [0.1, 0.15) is 6.04 Å². The van der Waals surface area contributed by atoms with Crippen LogP contribution >= 0.6 is 0 Å². The van der Waals surface area contributed by atoms with E-state index in [1.807, 2.05) is 0 Å². The summed E-state index contributed by atoms with van der Waals surface area (Å²) in [5.41, 5.74) is 5.03. The summed E-state index contributed by atoms with van der Waals surface area (Å²) < 4.78 is 23.5. The van der Waals surface area contributed by atoms with Gasteiger partial charge in [0.25, 0.3) is 0 Å². The maximum Gasteiger partial charge on any atom is 0.235 e. The van der Waals surface area contributed by atoms with Crippen molar-refractivity contribution in [1.29, 1.82) is 0 Å². The van der Waals surface area contributed by atoms with E-state index in [0.29, 0.717) is 12.8 Å². The van der Waals surface area contributed by atoms with E-state index in [9.17, 15) is 13.2 Å². The second kappa shape index (κ2) is 3.02. The molecular formula is C6H12N2O3S. The number of primary amides is 1. The Bertz CT molecular complexity index is 285. The monoisotopic (exact) mass is 192 g/mol. The van der Waals surface area contributed by atoms with Crippen molar-refractivity contribution in [2.75, 3.05) is 12.8 Å². The molecule has 1 atom stereocenters. The maximum atomic E-state index is 11.2. The van der Waals surface area contributed by atoms with Crippen LogP contribution in [-0.2, 0) is 14.8 Å². The van der Waals surface area contributed by atoms with Gasteiger partial charge in [-0.3, -0.25) is 4.79 Å². The molecule has 1 aliphatic rings. The standard InChI is InChI=1S/C6H12N2O3S/c1-8-5(6(7)9)3-2-4-12(8,10)11/h5H,2-4H2,1H3,(H2,7,9). The topological polar surface area (TPSA) is 80.5 Å². The quantitative estimate of drug-likeness (QED) is 0.572. The van der Waals surface area contributed by atoms with Gasteiger partial charge < -0.3 is 5.73 Å². The molecule has 0 bridgehead atoms. The predicted molar refractivity (Wildman–Crippen MR) is 43.8 cm³/mol. The van der Waals surface area contributed by atoms with E-state index in [0.717, 1.165) is 4.31 Å². The minimum absolute atomic E-state index is 0.118. The van der Waals surface area contributed by atoms with Gasteiger partial charge in [-0.15, -0.1) is 0 Å². The number of nitrogens with two attached hydrogens (primary N) is 1. The summed E-state index contributed by atoms with van der Waals surface area (Å²) in [6.07, 6.45) is 1.05. The fourth-order valence-corrected chi connectivity index (χ4v) is 2.72. The van der Waals surface area contributed by atoms with Crippen molar-refractivity contribution in [2.45, 2.75) is 18.9 Å². The first-order valence-corrected chi connectivity index (χ1v) is 5.31. The molecule has 1 unspecified atom stereocenters. The average Bonchev–Trinajstić information content (AvgIpc) is 1.94. The number of rotatable bonds is 1. The zero-order valence-corrected chi connectivity index (χ0v) is 7.67. The van der Waals surface area contributed by atoms with Crippen molar-refractivity contribution >= 4 is 15.9 Å². The smallest absolute Gasteiger partial charge is 0.235 e. The number of nitrogens with zero attached hydrogens (tertiary/aromatic N) is 1. The van der Waals surface area contributed by atoms with E-state index >= 15 is 0 Å². The largest absolute Gasteiger partial charge is 0.368 e. The van der Waals surface area contributed by atoms with Crippen LogP contribution in [0.5, 0.6) is 0 Å². The van der Waals surface area contributed by atoms with Crippen molar-refractivity contribution < 1.29 is 13.2 Å². The number of amides is 1. The van der Waals surface area contributed by atoms with Crippen molar-refractivity contribution in [1.82, 2.24) is 4.31 Å².